The maximum Gasteiger partial charge on any atom is 0.0345 e. The molecule has 1 aliphatic carbocycles. The van der Waals surface area contributed by atoms with Crippen molar-refractivity contribution in [2.24, 2.45) is 5.73 Å². The van der Waals surface area contributed by atoms with Crippen LogP contribution in [0.1, 0.15) is 30.4 Å². The number of fused-ring (bicyclic) bond motifs is 1. The highest BCUT2D eigenvalue weighted by molar-refractivity contribution is 7.17. The van der Waals surface area contributed by atoms with E-state index in [0.29, 0.717) is 12.0 Å². The van der Waals surface area contributed by atoms with Gasteiger partial charge < -0.3 is 5.73 Å². The van der Waals surface area contributed by atoms with Crippen molar-refractivity contribution in [2.45, 2.75) is 31.7 Å². The van der Waals surface area contributed by atoms with Crippen LogP contribution in [-0.2, 0) is 6.42 Å². The first-order valence-corrected chi connectivity index (χ1v) is 6.43. The summed E-state index contributed by atoms with van der Waals surface area (Å²) in [6.45, 7) is 2.20. The minimum atomic E-state index is 0.410. The molecule has 1 heterocycles. The molecule has 0 saturated heterocycles. The Morgan fingerprint density at radius 2 is 2.27 bits per heavy atom. The predicted molar refractivity (Wildman–Crippen MR) is 66.5 cm³/mol. The maximum atomic E-state index is 5.92. The van der Waals surface area contributed by atoms with E-state index in [9.17, 15) is 0 Å². The molecule has 1 saturated carbocycles. The van der Waals surface area contributed by atoms with Crippen molar-refractivity contribution < 1.29 is 0 Å². The molecule has 0 aliphatic heterocycles. The Morgan fingerprint density at radius 3 is 2.93 bits per heavy atom. The summed E-state index contributed by atoms with van der Waals surface area (Å²) in [6.07, 6.45) is 2.28. The number of nitrogens with two attached hydrogens (primary N) is 1. The number of aryl methyl sites for hydroxylation is 1. The van der Waals surface area contributed by atoms with Crippen LogP contribution in [0, 0.1) is 0 Å². The molecular formula is C13H15NS. The average Bonchev–Trinajstić information content (AvgIpc) is 2.84. The van der Waals surface area contributed by atoms with Gasteiger partial charge in [0.1, 0.15) is 0 Å². The molecule has 3 rings (SSSR count). The van der Waals surface area contributed by atoms with Crippen LogP contribution < -0.4 is 5.73 Å². The van der Waals surface area contributed by atoms with Gasteiger partial charge in [0.2, 0.25) is 0 Å². The molecule has 0 radical (unpaired) electrons. The lowest BCUT2D eigenvalue weighted by Crippen LogP contribution is -2.00. The Bertz CT molecular complexity index is 500. The largest absolute Gasteiger partial charge is 0.327 e. The highest BCUT2D eigenvalue weighted by atomic mass is 32.1. The molecule has 0 bridgehead atoms. The third-order valence-electron chi connectivity index (χ3n) is 3.32. The van der Waals surface area contributed by atoms with Gasteiger partial charge in [-0.25, -0.2) is 0 Å². The fraction of sp³-hybridized carbons (Fsp3) is 0.385. The van der Waals surface area contributed by atoms with Gasteiger partial charge >= 0.3 is 0 Å². The van der Waals surface area contributed by atoms with Gasteiger partial charge in [0.15, 0.2) is 0 Å². The van der Waals surface area contributed by atoms with Crippen LogP contribution in [0.3, 0.4) is 0 Å². The molecule has 15 heavy (non-hydrogen) atoms. The third-order valence-corrected chi connectivity index (χ3v) is 4.30. The van der Waals surface area contributed by atoms with Gasteiger partial charge in [0.05, 0.1) is 0 Å². The van der Waals surface area contributed by atoms with Crippen LogP contribution in [0.15, 0.2) is 23.6 Å². The second kappa shape index (κ2) is 3.32. The Morgan fingerprint density at radius 1 is 1.47 bits per heavy atom. The monoisotopic (exact) mass is 217 g/mol. The zero-order valence-corrected chi connectivity index (χ0v) is 9.68. The lowest BCUT2D eigenvalue weighted by molar-refractivity contribution is 1.00. The molecule has 2 atom stereocenters. The first kappa shape index (κ1) is 9.37. The van der Waals surface area contributed by atoms with E-state index >= 15 is 0 Å². The van der Waals surface area contributed by atoms with Gasteiger partial charge in [0.25, 0.3) is 0 Å². The summed E-state index contributed by atoms with van der Waals surface area (Å²) < 4.78 is 1.40. The molecule has 2 N–H and O–H groups in total. The van der Waals surface area contributed by atoms with Gasteiger partial charge in [-0.15, -0.1) is 11.3 Å². The molecule has 1 aromatic carbocycles. The van der Waals surface area contributed by atoms with Crippen LogP contribution in [0.4, 0.5) is 0 Å². The minimum absolute atomic E-state index is 0.410. The van der Waals surface area contributed by atoms with E-state index in [1.807, 2.05) is 11.3 Å². The molecular weight excluding hydrogens is 202 g/mol. The highest BCUT2D eigenvalue weighted by Crippen LogP contribution is 2.44. The Labute approximate surface area is 93.9 Å². The van der Waals surface area contributed by atoms with Crippen molar-refractivity contribution in [3.05, 3.63) is 34.7 Å². The molecule has 0 amide bonds. The molecule has 78 valence electrons. The Balaban J connectivity index is 2.14. The second-order valence-electron chi connectivity index (χ2n) is 4.38. The summed E-state index contributed by atoms with van der Waals surface area (Å²) in [5, 5.41) is 3.74. The normalized spacial score (nSPS) is 24.7. The van der Waals surface area contributed by atoms with Crippen LogP contribution in [0.2, 0.25) is 0 Å². The van der Waals surface area contributed by atoms with Crippen molar-refractivity contribution in [1.29, 1.82) is 0 Å². The Kier molecular flexibility index (Phi) is 2.08. The van der Waals surface area contributed by atoms with Gasteiger partial charge in [-0.1, -0.05) is 19.1 Å². The zero-order valence-electron chi connectivity index (χ0n) is 8.86. The molecule has 2 unspecified atom stereocenters. The molecule has 1 nitrogen and oxygen atoms in total. The van der Waals surface area contributed by atoms with E-state index in [0.717, 1.165) is 6.42 Å². The molecule has 1 fully saturated rings. The summed E-state index contributed by atoms with van der Waals surface area (Å²) in [7, 11) is 0. The number of hydrogen-bond donors (Lipinski definition) is 1. The van der Waals surface area contributed by atoms with Crippen LogP contribution in [-0.4, -0.2) is 6.04 Å². The minimum Gasteiger partial charge on any atom is -0.327 e. The van der Waals surface area contributed by atoms with Gasteiger partial charge in [-0.3, -0.25) is 0 Å². The quantitative estimate of drug-likeness (QED) is 0.820. The van der Waals surface area contributed by atoms with Gasteiger partial charge in [-0.05, 0) is 40.8 Å². The summed E-state index contributed by atoms with van der Waals surface area (Å²) >= 11 is 1.85. The number of hydrogen-bond acceptors (Lipinski definition) is 2. The summed E-state index contributed by atoms with van der Waals surface area (Å²) in [4.78, 5) is 0. The summed E-state index contributed by atoms with van der Waals surface area (Å²) in [5.74, 6) is 0.630. The Hall–Kier alpha value is -0.860. The SMILES string of the molecule is CCc1ccc2scc(C3CC3N)c2c1. The van der Waals surface area contributed by atoms with Crippen molar-refractivity contribution in [3.63, 3.8) is 0 Å². The second-order valence-corrected chi connectivity index (χ2v) is 5.29. The van der Waals surface area contributed by atoms with Crippen LogP contribution in [0.5, 0.6) is 0 Å². The van der Waals surface area contributed by atoms with E-state index in [4.69, 9.17) is 5.73 Å². The highest BCUT2D eigenvalue weighted by Gasteiger charge is 2.36. The predicted octanol–water partition coefficient (Wildman–Crippen LogP) is 3.28. The lowest BCUT2D eigenvalue weighted by atomic mass is 10.1. The number of rotatable bonds is 2. The first-order valence-electron chi connectivity index (χ1n) is 5.55. The first-order chi connectivity index (χ1) is 7.29. The smallest absolute Gasteiger partial charge is 0.0345 e. The number of benzene rings is 1. The zero-order chi connectivity index (χ0) is 10.4. The topological polar surface area (TPSA) is 26.0 Å². The van der Waals surface area contributed by atoms with E-state index < -0.39 is 0 Å². The van der Waals surface area contributed by atoms with E-state index in [-0.39, 0.29) is 0 Å². The van der Waals surface area contributed by atoms with E-state index in [2.05, 4.69) is 30.5 Å². The molecule has 2 heteroatoms. The molecule has 1 aromatic heterocycles. The van der Waals surface area contributed by atoms with Gasteiger partial charge in [0, 0.05) is 16.7 Å². The molecule has 2 aromatic rings. The number of thiophene rings is 1. The summed E-state index contributed by atoms with van der Waals surface area (Å²) in [5.41, 5.74) is 8.84. The van der Waals surface area contributed by atoms with Gasteiger partial charge in [-0.2, -0.15) is 0 Å². The lowest BCUT2D eigenvalue weighted by Gasteiger charge is -1.99. The van der Waals surface area contributed by atoms with E-state index in [1.54, 1.807) is 0 Å². The maximum absolute atomic E-state index is 5.92. The summed E-state index contributed by atoms with van der Waals surface area (Å²) in [6, 6.07) is 7.23. The van der Waals surface area contributed by atoms with Crippen LogP contribution in [0.25, 0.3) is 10.1 Å². The fourth-order valence-corrected chi connectivity index (χ4v) is 3.18. The van der Waals surface area contributed by atoms with Crippen molar-refractivity contribution >= 4 is 21.4 Å². The average molecular weight is 217 g/mol. The van der Waals surface area contributed by atoms with Crippen LogP contribution >= 0.6 is 11.3 Å². The molecule has 0 spiro atoms. The fourth-order valence-electron chi connectivity index (χ4n) is 2.18. The van der Waals surface area contributed by atoms with E-state index in [1.165, 1.54) is 27.6 Å². The van der Waals surface area contributed by atoms with Crippen molar-refractivity contribution in [3.8, 4) is 0 Å². The molecule has 1 aliphatic rings. The van der Waals surface area contributed by atoms with Crippen molar-refractivity contribution in [1.82, 2.24) is 0 Å². The standard InChI is InChI=1S/C13H15NS/c1-2-8-3-4-13-10(5-8)11(7-15-13)9-6-12(9)14/h3-5,7,9,12H,2,6,14H2,1H3. The third kappa shape index (κ3) is 1.48. The van der Waals surface area contributed by atoms with Crippen molar-refractivity contribution in [2.75, 3.05) is 0 Å².